The molecule has 1 aliphatic heterocycles. The zero-order valence-corrected chi connectivity index (χ0v) is 13.7. The van der Waals surface area contributed by atoms with Crippen LogP contribution in [0.1, 0.15) is 45.6 Å². The highest BCUT2D eigenvalue weighted by atomic mass is 16.6. The van der Waals surface area contributed by atoms with E-state index < -0.39 is 5.60 Å². The molecule has 6 nitrogen and oxygen atoms in total. The summed E-state index contributed by atoms with van der Waals surface area (Å²) >= 11 is 0. The molecule has 6 heteroatoms. The van der Waals surface area contributed by atoms with Gasteiger partial charge in [0.2, 0.25) is 0 Å². The van der Waals surface area contributed by atoms with E-state index in [4.69, 9.17) is 4.74 Å². The Kier molecular flexibility index (Phi) is 5.71. The normalized spacial score (nSPS) is 19.6. The maximum atomic E-state index is 12.1. The van der Waals surface area contributed by atoms with Crippen molar-refractivity contribution in [1.82, 2.24) is 20.2 Å². The number of likely N-dealkylation sites (tertiary alicyclic amines) is 1. The van der Waals surface area contributed by atoms with E-state index in [1.54, 1.807) is 0 Å². The Balaban J connectivity index is 1.78. The number of nitrogens with one attached hydrogen (secondary N) is 1. The fourth-order valence-electron chi connectivity index (χ4n) is 2.49. The van der Waals surface area contributed by atoms with Gasteiger partial charge in [-0.2, -0.15) is 0 Å². The average Bonchev–Trinajstić information content (AvgIpc) is 2.70. The molecule has 0 aliphatic carbocycles. The van der Waals surface area contributed by atoms with E-state index in [9.17, 15) is 4.79 Å². The average molecular weight is 306 g/mol. The Bertz CT molecular complexity index is 473. The van der Waals surface area contributed by atoms with Crippen molar-refractivity contribution >= 4 is 6.09 Å². The molecule has 2 rings (SSSR count). The van der Waals surface area contributed by atoms with Crippen LogP contribution < -0.4 is 5.32 Å². The van der Waals surface area contributed by atoms with E-state index in [0.717, 1.165) is 44.5 Å². The predicted molar refractivity (Wildman–Crippen MR) is 84.3 cm³/mol. The second-order valence-corrected chi connectivity index (χ2v) is 6.72. The Morgan fingerprint density at radius 2 is 2.05 bits per heavy atom. The van der Waals surface area contributed by atoms with Crippen LogP contribution in [0.3, 0.4) is 0 Å². The monoisotopic (exact) mass is 306 g/mol. The molecule has 1 N–H and O–H groups in total. The van der Waals surface area contributed by atoms with Gasteiger partial charge in [0.1, 0.15) is 11.9 Å². The van der Waals surface area contributed by atoms with Crippen molar-refractivity contribution < 1.29 is 9.53 Å². The van der Waals surface area contributed by atoms with Gasteiger partial charge in [-0.1, -0.05) is 0 Å². The number of amides is 1. The van der Waals surface area contributed by atoms with Gasteiger partial charge in [-0.25, -0.2) is 14.8 Å². The number of carbonyl (C=O) groups excluding carboxylic acids is 1. The lowest BCUT2D eigenvalue weighted by Crippen LogP contribution is -2.38. The lowest BCUT2D eigenvalue weighted by molar-refractivity contribution is 0.0256. The largest absolute Gasteiger partial charge is 0.444 e. The molecule has 1 atom stereocenters. The minimum Gasteiger partial charge on any atom is -0.444 e. The molecule has 0 unspecified atom stereocenters. The number of hydrogen-bond donors (Lipinski definition) is 1. The SMILES string of the molecule is CC(C)(C)OC(=O)N1CCC[C@@H](NCc2cncnc2)CC1. The molecule has 0 bridgehead atoms. The maximum absolute atomic E-state index is 12.1. The Hall–Kier alpha value is -1.69. The third-order valence-electron chi connectivity index (χ3n) is 3.59. The van der Waals surface area contributed by atoms with Gasteiger partial charge in [0.25, 0.3) is 0 Å². The van der Waals surface area contributed by atoms with Crippen LogP contribution in [0.5, 0.6) is 0 Å². The Morgan fingerprint density at radius 1 is 1.32 bits per heavy atom. The molecular weight excluding hydrogens is 280 g/mol. The summed E-state index contributed by atoms with van der Waals surface area (Å²) in [7, 11) is 0. The topological polar surface area (TPSA) is 67.3 Å². The minimum atomic E-state index is -0.436. The highest BCUT2D eigenvalue weighted by molar-refractivity contribution is 5.68. The first-order valence-electron chi connectivity index (χ1n) is 7.89. The number of aromatic nitrogens is 2. The zero-order valence-electron chi connectivity index (χ0n) is 13.7. The summed E-state index contributed by atoms with van der Waals surface area (Å²) in [6, 6.07) is 0.410. The second kappa shape index (κ2) is 7.54. The molecule has 0 saturated carbocycles. The smallest absolute Gasteiger partial charge is 0.410 e. The van der Waals surface area contributed by atoms with Crippen molar-refractivity contribution in [3.8, 4) is 0 Å². The summed E-state index contributed by atoms with van der Waals surface area (Å²) in [6.07, 6.45) is 7.97. The Labute approximate surface area is 132 Å². The van der Waals surface area contributed by atoms with Crippen LogP contribution in [0.25, 0.3) is 0 Å². The van der Waals surface area contributed by atoms with E-state index in [0.29, 0.717) is 6.04 Å². The van der Waals surface area contributed by atoms with E-state index in [1.165, 1.54) is 6.33 Å². The molecule has 2 heterocycles. The van der Waals surface area contributed by atoms with Crippen LogP contribution in [0.15, 0.2) is 18.7 Å². The number of nitrogens with zero attached hydrogens (tertiary/aromatic N) is 3. The van der Waals surface area contributed by atoms with E-state index >= 15 is 0 Å². The van der Waals surface area contributed by atoms with Gasteiger partial charge in [0, 0.05) is 43.6 Å². The fraction of sp³-hybridized carbons (Fsp3) is 0.688. The van der Waals surface area contributed by atoms with E-state index in [2.05, 4.69) is 15.3 Å². The molecule has 1 aromatic rings. The van der Waals surface area contributed by atoms with Gasteiger partial charge in [0.15, 0.2) is 0 Å². The van der Waals surface area contributed by atoms with Gasteiger partial charge < -0.3 is 15.0 Å². The maximum Gasteiger partial charge on any atom is 0.410 e. The highest BCUT2D eigenvalue weighted by Gasteiger charge is 2.24. The van der Waals surface area contributed by atoms with Crippen LogP contribution in [0.4, 0.5) is 4.79 Å². The van der Waals surface area contributed by atoms with Crippen molar-refractivity contribution in [2.24, 2.45) is 0 Å². The molecule has 0 aromatic carbocycles. The number of carbonyl (C=O) groups is 1. The summed E-state index contributed by atoms with van der Waals surface area (Å²) in [5.74, 6) is 0. The summed E-state index contributed by atoms with van der Waals surface area (Å²) in [6.45, 7) is 7.95. The zero-order chi connectivity index (χ0) is 16.0. The van der Waals surface area contributed by atoms with Crippen molar-refractivity contribution in [2.45, 2.75) is 58.2 Å². The summed E-state index contributed by atoms with van der Waals surface area (Å²) < 4.78 is 5.45. The van der Waals surface area contributed by atoms with Crippen LogP contribution in [-0.4, -0.2) is 45.7 Å². The summed E-state index contributed by atoms with van der Waals surface area (Å²) in [5.41, 5.74) is 0.643. The second-order valence-electron chi connectivity index (χ2n) is 6.72. The summed E-state index contributed by atoms with van der Waals surface area (Å²) in [5, 5.41) is 3.53. The number of hydrogen-bond acceptors (Lipinski definition) is 5. The van der Waals surface area contributed by atoms with Crippen molar-refractivity contribution in [3.05, 3.63) is 24.3 Å². The van der Waals surface area contributed by atoms with E-state index in [-0.39, 0.29) is 6.09 Å². The quantitative estimate of drug-likeness (QED) is 0.928. The number of ether oxygens (including phenoxy) is 1. The standard InChI is InChI=1S/C16H26N4O2/c1-16(2,3)22-15(21)20-7-4-5-14(6-8-20)19-11-13-9-17-12-18-10-13/h9-10,12,14,19H,4-8,11H2,1-3H3/t14-/m1/s1. The lowest BCUT2D eigenvalue weighted by Gasteiger charge is -2.26. The highest BCUT2D eigenvalue weighted by Crippen LogP contribution is 2.15. The van der Waals surface area contributed by atoms with Crippen LogP contribution >= 0.6 is 0 Å². The van der Waals surface area contributed by atoms with Gasteiger partial charge in [-0.3, -0.25) is 0 Å². The van der Waals surface area contributed by atoms with Gasteiger partial charge in [-0.05, 0) is 40.0 Å². The molecule has 1 aliphatic rings. The van der Waals surface area contributed by atoms with Crippen molar-refractivity contribution in [2.75, 3.05) is 13.1 Å². The van der Waals surface area contributed by atoms with Crippen molar-refractivity contribution in [1.29, 1.82) is 0 Å². The van der Waals surface area contributed by atoms with E-state index in [1.807, 2.05) is 38.1 Å². The predicted octanol–water partition coefficient (Wildman–Crippen LogP) is 2.36. The van der Waals surface area contributed by atoms with Gasteiger partial charge in [-0.15, -0.1) is 0 Å². The molecule has 1 saturated heterocycles. The lowest BCUT2D eigenvalue weighted by atomic mass is 10.1. The third-order valence-corrected chi connectivity index (χ3v) is 3.59. The fourth-order valence-corrected chi connectivity index (χ4v) is 2.49. The summed E-state index contributed by atoms with van der Waals surface area (Å²) in [4.78, 5) is 22.0. The van der Waals surface area contributed by atoms with Crippen LogP contribution in [-0.2, 0) is 11.3 Å². The molecule has 1 aromatic heterocycles. The third kappa shape index (κ3) is 5.60. The molecule has 0 radical (unpaired) electrons. The first-order valence-corrected chi connectivity index (χ1v) is 7.89. The molecule has 1 fully saturated rings. The number of rotatable bonds is 3. The first-order chi connectivity index (χ1) is 10.4. The molecule has 22 heavy (non-hydrogen) atoms. The molecular formula is C16H26N4O2. The molecule has 0 spiro atoms. The minimum absolute atomic E-state index is 0.204. The van der Waals surface area contributed by atoms with Crippen molar-refractivity contribution in [3.63, 3.8) is 0 Å². The van der Waals surface area contributed by atoms with Gasteiger partial charge in [0.05, 0.1) is 0 Å². The first kappa shape index (κ1) is 16.7. The van der Waals surface area contributed by atoms with Crippen LogP contribution in [0.2, 0.25) is 0 Å². The molecule has 1 amide bonds. The van der Waals surface area contributed by atoms with Gasteiger partial charge >= 0.3 is 6.09 Å². The Morgan fingerprint density at radius 3 is 2.73 bits per heavy atom. The molecule has 122 valence electrons. The van der Waals surface area contributed by atoms with Crippen LogP contribution in [0, 0.1) is 0 Å².